The van der Waals surface area contributed by atoms with Gasteiger partial charge in [0.25, 0.3) is 0 Å². The fraction of sp³-hybridized carbons (Fsp3) is 0.611. The number of esters is 1. The summed E-state index contributed by atoms with van der Waals surface area (Å²) in [6, 6.07) is 8.15. The van der Waals surface area contributed by atoms with Gasteiger partial charge in [-0.15, -0.1) is 0 Å². The molecule has 1 aromatic rings. The third-order valence-electron chi connectivity index (χ3n) is 4.44. The van der Waals surface area contributed by atoms with E-state index in [0.29, 0.717) is 11.6 Å². The first-order valence-corrected chi connectivity index (χ1v) is 8.17. The van der Waals surface area contributed by atoms with Crippen molar-refractivity contribution in [3.05, 3.63) is 29.8 Å². The molecule has 0 bridgehead atoms. The monoisotopic (exact) mass is 289 g/mol. The molecule has 0 amide bonds. The summed E-state index contributed by atoms with van der Waals surface area (Å²) < 4.78 is 4.78. The van der Waals surface area contributed by atoms with Gasteiger partial charge in [-0.3, -0.25) is 0 Å². The maximum Gasteiger partial charge on any atom is 0.337 e. The number of methoxy groups -OCH3 is 1. The van der Waals surface area contributed by atoms with Crippen molar-refractivity contribution in [2.75, 3.05) is 12.4 Å². The molecule has 0 radical (unpaired) electrons. The molecule has 1 fully saturated rings. The van der Waals surface area contributed by atoms with Crippen molar-refractivity contribution in [3.8, 4) is 0 Å². The highest BCUT2D eigenvalue weighted by molar-refractivity contribution is 5.90. The van der Waals surface area contributed by atoms with Gasteiger partial charge in [0.2, 0.25) is 0 Å². The maximum absolute atomic E-state index is 11.6. The zero-order valence-electron chi connectivity index (χ0n) is 13.2. The number of anilines is 1. The van der Waals surface area contributed by atoms with Crippen LogP contribution in [0.3, 0.4) is 0 Å². The van der Waals surface area contributed by atoms with Crippen LogP contribution in [-0.2, 0) is 4.74 Å². The number of carbonyl (C=O) groups is 1. The molecule has 1 aliphatic carbocycles. The van der Waals surface area contributed by atoms with E-state index in [1.165, 1.54) is 52.1 Å². The largest absolute Gasteiger partial charge is 0.465 e. The average Bonchev–Trinajstić information content (AvgIpc) is 2.73. The van der Waals surface area contributed by atoms with E-state index in [4.69, 9.17) is 4.74 Å². The molecule has 0 aliphatic heterocycles. The van der Waals surface area contributed by atoms with Crippen LogP contribution in [-0.4, -0.2) is 19.1 Å². The van der Waals surface area contributed by atoms with E-state index in [9.17, 15) is 4.79 Å². The fourth-order valence-corrected chi connectivity index (χ4v) is 3.31. The molecule has 21 heavy (non-hydrogen) atoms. The van der Waals surface area contributed by atoms with E-state index in [-0.39, 0.29) is 5.97 Å². The molecule has 3 nitrogen and oxygen atoms in total. The zero-order valence-corrected chi connectivity index (χ0v) is 13.2. The lowest BCUT2D eigenvalue weighted by atomic mass is 9.95. The van der Waals surface area contributed by atoms with Crippen molar-refractivity contribution in [1.82, 2.24) is 0 Å². The number of hydrogen-bond donors (Lipinski definition) is 1. The fourth-order valence-electron chi connectivity index (χ4n) is 3.31. The quantitative estimate of drug-likeness (QED) is 0.634. The van der Waals surface area contributed by atoms with Crippen LogP contribution in [0.2, 0.25) is 0 Å². The Morgan fingerprint density at radius 1 is 1.29 bits per heavy atom. The highest BCUT2D eigenvalue weighted by Gasteiger charge is 2.18. The molecule has 3 heteroatoms. The maximum atomic E-state index is 11.6. The van der Waals surface area contributed by atoms with E-state index in [0.717, 1.165) is 11.6 Å². The molecule has 0 saturated heterocycles. The van der Waals surface area contributed by atoms with Gasteiger partial charge >= 0.3 is 5.97 Å². The van der Waals surface area contributed by atoms with Gasteiger partial charge in [-0.1, -0.05) is 38.7 Å². The SMILES string of the molecule is CCCC1CCCC(Nc2cccc(C(=O)OC)c2)CC1. The van der Waals surface area contributed by atoms with Crippen LogP contribution in [0, 0.1) is 5.92 Å². The first-order chi connectivity index (χ1) is 10.2. The van der Waals surface area contributed by atoms with E-state index in [1.807, 2.05) is 18.2 Å². The van der Waals surface area contributed by atoms with Gasteiger partial charge in [0.15, 0.2) is 0 Å². The smallest absolute Gasteiger partial charge is 0.337 e. The Morgan fingerprint density at radius 3 is 2.90 bits per heavy atom. The van der Waals surface area contributed by atoms with Crippen LogP contribution < -0.4 is 5.32 Å². The predicted octanol–water partition coefficient (Wildman–Crippen LogP) is 4.63. The molecule has 1 aliphatic rings. The molecular formula is C18H27NO2. The van der Waals surface area contributed by atoms with Gasteiger partial charge in [-0.2, -0.15) is 0 Å². The van der Waals surface area contributed by atoms with Gasteiger partial charge in [0.1, 0.15) is 0 Å². The Morgan fingerprint density at radius 2 is 2.14 bits per heavy atom. The van der Waals surface area contributed by atoms with Gasteiger partial charge in [0, 0.05) is 11.7 Å². The van der Waals surface area contributed by atoms with E-state index in [1.54, 1.807) is 6.07 Å². The second-order valence-corrected chi connectivity index (χ2v) is 6.08. The van der Waals surface area contributed by atoms with Crippen LogP contribution >= 0.6 is 0 Å². The molecule has 0 aromatic heterocycles. The third-order valence-corrected chi connectivity index (χ3v) is 4.44. The van der Waals surface area contributed by atoms with Gasteiger partial charge < -0.3 is 10.1 Å². The Labute approximate surface area is 128 Å². The standard InChI is InChI=1S/C18H27NO2/c1-3-6-14-7-4-9-16(12-11-14)19-17-10-5-8-15(13-17)18(20)21-2/h5,8,10,13-14,16,19H,3-4,6-7,9,11-12H2,1-2H3. The van der Waals surface area contributed by atoms with Crippen molar-refractivity contribution < 1.29 is 9.53 Å². The van der Waals surface area contributed by atoms with Gasteiger partial charge in [-0.25, -0.2) is 4.79 Å². The lowest BCUT2D eigenvalue weighted by Gasteiger charge is -2.18. The van der Waals surface area contributed by atoms with E-state index >= 15 is 0 Å². The Bertz CT molecular complexity index is 458. The summed E-state index contributed by atoms with van der Waals surface area (Å²) in [6.07, 6.45) is 9.11. The van der Waals surface area contributed by atoms with Crippen molar-refractivity contribution >= 4 is 11.7 Å². The second kappa shape index (κ2) is 8.06. The third kappa shape index (κ3) is 4.76. The minimum atomic E-state index is -0.275. The molecule has 1 saturated carbocycles. The van der Waals surface area contributed by atoms with Crippen LogP contribution in [0.5, 0.6) is 0 Å². The second-order valence-electron chi connectivity index (χ2n) is 6.08. The molecule has 1 N–H and O–H groups in total. The number of nitrogens with one attached hydrogen (secondary N) is 1. The summed E-state index contributed by atoms with van der Waals surface area (Å²) in [4.78, 5) is 11.6. The first-order valence-electron chi connectivity index (χ1n) is 8.17. The Balaban J connectivity index is 1.93. The molecule has 2 unspecified atom stereocenters. The van der Waals surface area contributed by atoms with Gasteiger partial charge in [0.05, 0.1) is 12.7 Å². The number of carbonyl (C=O) groups excluding carboxylic acids is 1. The number of ether oxygens (including phenoxy) is 1. The number of rotatable bonds is 5. The molecule has 2 rings (SSSR count). The highest BCUT2D eigenvalue weighted by Crippen LogP contribution is 2.28. The van der Waals surface area contributed by atoms with Crippen molar-refractivity contribution in [2.45, 2.75) is 57.9 Å². The molecule has 116 valence electrons. The molecule has 2 atom stereocenters. The topological polar surface area (TPSA) is 38.3 Å². The summed E-state index contributed by atoms with van der Waals surface area (Å²) in [5.41, 5.74) is 1.64. The molecule has 0 heterocycles. The van der Waals surface area contributed by atoms with Gasteiger partial charge in [-0.05, 0) is 43.4 Å². The summed E-state index contributed by atoms with van der Waals surface area (Å²) >= 11 is 0. The summed E-state index contributed by atoms with van der Waals surface area (Å²) in [5.74, 6) is 0.630. The normalized spacial score (nSPS) is 22.4. The summed E-state index contributed by atoms with van der Waals surface area (Å²) in [7, 11) is 1.42. The predicted molar refractivity (Wildman–Crippen MR) is 86.7 cm³/mol. The zero-order chi connectivity index (χ0) is 15.1. The van der Waals surface area contributed by atoms with Crippen LogP contribution in [0.25, 0.3) is 0 Å². The minimum absolute atomic E-state index is 0.275. The van der Waals surface area contributed by atoms with Crippen molar-refractivity contribution in [3.63, 3.8) is 0 Å². The van der Waals surface area contributed by atoms with Crippen LogP contribution in [0.15, 0.2) is 24.3 Å². The number of hydrogen-bond acceptors (Lipinski definition) is 3. The number of benzene rings is 1. The van der Waals surface area contributed by atoms with Crippen molar-refractivity contribution in [1.29, 1.82) is 0 Å². The minimum Gasteiger partial charge on any atom is -0.465 e. The lowest BCUT2D eigenvalue weighted by Crippen LogP contribution is -2.18. The summed E-state index contributed by atoms with van der Waals surface area (Å²) in [5, 5.41) is 3.60. The van der Waals surface area contributed by atoms with Crippen LogP contribution in [0.1, 0.15) is 62.2 Å². The highest BCUT2D eigenvalue weighted by atomic mass is 16.5. The summed E-state index contributed by atoms with van der Waals surface area (Å²) in [6.45, 7) is 2.28. The molecule has 1 aromatic carbocycles. The van der Waals surface area contributed by atoms with Crippen molar-refractivity contribution in [2.24, 2.45) is 5.92 Å². The van der Waals surface area contributed by atoms with E-state index in [2.05, 4.69) is 12.2 Å². The Hall–Kier alpha value is -1.51. The molecule has 0 spiro atoms. The van der Waals surface area contributed by atoms with E-state index < -0.39 is 0 Å². The first kappa shape index (κ1) is 15.9. The molecular weight excluding hydrogens is 262 g/mol. The lowest BCUT2D eigenvalue weighted by molar-refractivity contribution is 0.0601. The van der Waals surface area contributed by atoms with Crippen LogP contribution in [0.4, 0.5) is 5.69 Å². The average molecular weight is 289 g/mol. The Kier molecular flexibility index (Phi) is 6.09.